The van der Waals surface area contributed by atoms with Gasteiger partial charge in [0.25, 0.3) is 0 Å². The van der Waals surface area contributed by atoms with E-state index in [2.05, 4.69) is 27.7 Å². The molecular weight excluding hydrogens is 140 g/mol. The van der Waals surface area contributed by atoms with Gasteiger partial charge < -0.3 is 9.47 Å². The van der Waals surface area contributed by atoms with Gasteiger partial charge in [0.2, 0.25) is 0 Å². The largest absolute Gasteiger partial charge is 0.347 e. The van der Waals surface area contributed by atoms with E-state index in [4.69, 9.17) is 9.47 Å². The van der Waals surface area contributed by atoms with Crippen LogP contribution in [-0.4, -0.2) is 18.5 Å². The smallest absolute Gasteiger partial charge is 0.161 e. The molecular formula is C9H18O2. The molecule has 3 unspecified atom stereocenters. The van der Waals surface area contributed by atoms with Crippen LogP contribution in [0.1, 0.15) is 34.1 Å². The molecule has 0 amide bonds. The fourth-order valence-electron chi connectivity index (χ4n) is 1.14. The second-order valence-electron chi connectivity index (χ2n) is 3.44. The standard InChI is InChI=1S/C9H18O2/c1-5-6(2)9-10-7(3)8(4)11-9/h6-9H,5H2,1-4H3. The van der Waals surface area contributed by atoms with Crippen molar-refractivity contribution in [2.45, 2.75) is 52.6 Å². The van der Waals surface area contributed by atoms with Crippen molar-refractivity contribution in [3.8, 4) is 0 Å². The Balaban J connectivity index is 2.40. The van der Waals surface area contributed by atoms with Gasteiger partial charge in [-0.25, -0.2) is 0 Å². The van der Waals surface area contributed by atoms with Crippen molar-refractivity contribution in [2.24, 2.45) is 5.92 Å². The van der Waals surface area contributed by atoms with Crippen LogP contribution in [-0.2, 0) is 9.47 Å². The average molecular weight is 158 g/mol. The Labute approximate surface area is 68.9 Å². The first-order valence-electron chi connectivity index (χ1n) is 4.46. The van der Waals surface area contributed by atoms with Crippen LogP contribution in [0.15, 0.2) is 0 Å². The summed E-state index contributed by atoms with van der Waals surface area (Å²) < 4.78 is 11.2. The summed E-state index contributed by atoms with van der Waals surface area (Å²) in [6.07, 6.45) is 1.66. The van der Waals surface area contributed by atoms with E-state index in [-0.39, 0.29) is 18.5 Å². The Kier molecular flexibility index (Phi) is 2.90. The molecule has 0 bridgehead atoms. The van der Waals surface area contributed by atoms with Crippen LogP contribution < -0.4 is 0 Å². The molecule has 0 aliphatic carbocycles. The zero-order chi connectivity index (χ0) is 8.43. The normalized spacial score (nSPS) is 40.9. The highest BCUT2D eigenvalue weighted by Crippen LogP contribution is 2.25. The van der Waals surface area contributed by atoms with E-state index >= 15 is 0 Å². The van der Waals surface area contributed by atoms with Gasteiger partial charge in [0.05, 0.1) is 12.2 Å². The van der Waals surface area contributed by atoms with Crippen LogP contribution >= 0.6 is 0 Å². The van der Waals surface area contributed by atoms with E-state index in [1.807, 2.05) is 0 Å². The highest BCUT2D eigenvalue weighted by Gasteiger charge is 2.32. The monoisotopic (exact) mass is 158 g/mol. The Bertz CT molecular complexity index is 115. The van der Waals surface area contributed by atoms with Crippen LogP contribution in [0, 0.1) is 5.92 Å². The summed E-state index contributed by atoms with van der Waals surface area (Å²) in [6, 6.07) is 0. The first-order valence-corrected chi connectivity index (χ1v) is 4.46. The zero-order valence-electron chi connectivity index (χ0n) is 7.83. The van der Waals surface area contributed by atoms with Crippen molar-refractivity contribution in [1.29, 1.82) is 0 Å². The molecule has 1 saturated heterocycles. The molecule has 1 aliphatic rings. The van der Waals surface area contributed by atoms with Crippen molar-refractivity contribution < 1.29 is 9.47 Å². The summed E-state index contributed by atoms with van der Waals surface area (Å²) >= 11 is 0. The fourth-order valence-corrected chi connectivity index (χ4v) is 1.14. The van der Waals surface area contributed by atoms with Gasteiger partial charge in [-0.2, -0.15) is 0 Å². The Morgan fingerprint density at radius 2 is 1.64 bits per heavy atom. The van der Waals surface area contributed by atoms with Gasteiger partial charge in [-0.1, -0.05) is 13.8 Å². The quantitative estimate of drug-likeness (QED) is 0.613. The Morgan fingerprint density at radius 3 is 2.00 bits per heavy atom. The van der Waals surface area contributed by atoms with Gasteiger partial charge in [0.15, 0.2) is 6.29 Å². The molecule has 2 heteroatoms. The van der Waals surface area contributed by atoms with E-state index in [9.17, 15) is 0 Å². The summed E-state index contributed by atoms with van der Waals surface area (Å²) in [5.41, 5.74) is 0. The number of rotatable bonds is 2. The third-order valence-corrected chi connectivity index (χ3v) is 2.47. The van der Waals surface area contributed by atoms with Crippen LogP contribution in [0.5, 0.6) is 0 Å². The summed E-state index contributed by atoms with van der Waals surface area (Å²) in [6.45, 7) is 8.44. The maximum Gasteiger partial charge on any atom is 0.161 e. The van der Waals surface area contributed by atoms with Gasteiger partial charge in [-0.3, -0.25) is 0 Å². The predicted molar refractivity (Wildman–Crippen MR) is 44.3 cm³/mol. The summed E-state index contributed by atoms with van der Waals surface area (Å²) in [5, 5.41) is 0. The van der Waals surface area contributed by atoms with Gasteiger partial charge in [0, 0.05) is 5.92 Å². The minimum Gasteiger partial charge on any atom is -0.347 e. The lowest BCUT2D eigenvalue weighted by Gasteiger charge is -2.15. The van der Waals surface area contributed by atoms with E-state index < -0.39 is 0 Å². The summed E-state index contributed by atoms with van der Waals surface area (Å²) in [4.78, 5) is 0. The van der Waals surface area contributed by atoms with Crippen molar-refractivity contribution >= 4 is 0 Å². The average Bonchev–Trinajstić information content (AvgIpc) is 2.31. The van der Waals surface area contributed by atoms with Crippen LogP contribution in [0.25, 0.3) is 0 Å². The molecule has 1 rings (SSSR count). The molecule has 0 radical (unpaired) electrons. The van der Waals surface area contributed by atoms with Crippen LogP contribution in [0.3, 0.4) is 0 Å². The van der Waals surface area contributed by atoms with Gasteiger partial charge in [-0.05, 0) is 20.3 Å². The Hall–Kier alpha value is -0.0800. The molecule has 0 spiro atoms. The highest BCUT2D eigenvalue weighted by atomic mass is 16.7. The molecule has 0 N–H and O–H groups in total. The molecule has 1 heterocycles. The van der Waals surface area contributed by atoms with Crippen molar-refractivity contribution in [2.75, 3.05) is 0 Å². The van der Waals surface area contributed by atoms with Crippen LogP contribution in [0.4, 0.5) is 0 Å². The molecule has 66 valence electrons. The topological polar surface area (TPSA) is 18.5 Å². The lowest BCUT2D eigenvalue weighted by atomic mass is 10.1. The molecule has 0 aromatic carbocycles. The summed E-state index contributed by atoms with van der Waals surface area (Å²) in [5.74, 6) is 0.516. The van der Waals surface area contributed by atoms with Gasteiger partial charge in [0.1, 0.15) is 0 Å². The third kappa shape index (κ3) is 1.94. The van der Waals surface area contributed by atoms with E-state index in [0.29, 0.717) is 5.92 Å². The Morgan fingerprint density at radius 1 is 1.18 bits per heavy atom. The zero-order valence-corrected chi connectivity index (χ0v) is 7.83. The molecule has 11 heavy (non-hydrogen) atoms. The molecule has 0 aromatic heterocycles. The number of ether oxygens (including phenoxy) is 2. The molecule has 3 atom stereocenters. The van der Waals surface area contributed by atoms with Gasteiger partial charge >= 0.3 is 0 Å². The first-order chi connectivity index (χ1) is 5.15. The molecule has 1 aliphatic heterocycles. The lowest BCUT2D eigenvalue weighted by molar-refractivity contribution is -0.0972. The second kappa shape index (κ2) is 3.55. The minimum atomic E-state index is 0.0324. The minimum absolute atomic E-state index is 0.0324. The maximum atomic E-state index is 5.60. The fraction of sp³-hybridized carbons (Fsp3) is 1.00. The van der Waals surface area contributed by atoms with Crippen molar-refractivity contribution in [3.63, 3.8) is 0 Å². The van der Waals surface area contributed by atoms with Crippen LogP contribution in [0.2, 0.25) is 0 Å². The lowest BCUT2D eigenvalue weighted by Crippen LogP contribution is -2.18. The predicted octanol–water partition coefficient (Wildman–Crippen LogP) is 2.18. The molecule has 0 saturated carbocycles. The van der Waals surface area contributed by atoms with E-state index in [1.54, 1.807) is 0 Å². The van der Waals surface area contributed by atoms with Crippen molar-refractivity contribution in [3.05, 3.63) is 0 Å². The highest BCUT2D eigenvalue weighted by molar-refractivity contribution is 4.71. The summed E-state index contributed by atoms with van der Waals surface area (Å²) in [7, 11) is 0. The molecule has 1 fully saturated rings. The maximum absolute atomic E-state index is 5.60. The number of hydrogen-bond donors (Lipinski definition) is 0. The molecule has 0 aromatic rings. The first kappa shape index (κ1) is 9.01. The third-order valence-electron chi connectivity index (χ3n) is 2.47. The van der Waals surface area contributed by atoms with E-state index in [0.717, 1.165) is 6.42 Å². The SMILES string of the molecule is CCC(C)C1OC(C)C(C)O1. The number of hydrogen-bond acceptors (Lipinski definition) is 2. The van der Waals surface area contributed by atoms with Gasteiger partial charge in [-0.15, -0.1) is 0 Å². The van der Waals surface area contributed by atoms with Crippen molar-refractivity contribution in [1.82, 2.24) is 0 Å². The molecule has 2 nitrogen and oxygen atoms in total. The second-order valence-corrected chi connectivity index (χ2v) is 3.44. The van der Waals surface area contributed by atoms with E-state index in [1.165, 1.54) is 0 Å².